The molecule has 28 heavy (non-hydrogen) atoms. The van der Waals surface area contributed by atoms with Crippen molar-refractivity contribution in [2.75, 3.05) is 7.11 Å². The van der Waals surface area contributed by atoms with E-state index in [2.05, 4.69) is 70.7 Å². The molecule has 2 rings (SSSR count). The van der Waals surface area contributed by atoms with Gasteiger partial charge in [-0.3, -0.25) is 0 Å². The molecule has 0 heterocycles. The second-order valence-electron chi connectivity index (χ2n) is 7.00. The molecule has 0 fully saturated rings. The van der Waals surface area contributed by atoms with Gasteiger partial charge in [-0.2, -0.15) is 0 Å². The highest BCUT2D eigenvalue weighted by atomic mass is 32.1. The lowest BCUT2D eigenvalue weighted by Crippen LogP contribution is -2.03. The first kappa shape index (κ1) is 26.1. The first-order chi connectivity index (χ1) is 13.4. The Morgan fingerprint density at radius 3 is 1.89 bits per heavy atom. The van der Waals surface area contributed by atoms with Gasteiger partial charge in [0.15, 0.2) is 0 Å². The summed E-state index contributed by atoms with van der Waals surface area (Å²) in [5.41, 5.74) is 3.71. The van der Waals surface area contributed by atoms with Crippen LogP contribution in [0.4, 0.5) is 0 Å². The van der Waals surface area contributed by atoms with Crippen LogP contribution < -0.4 is 0 Å². The van der Waals surface area contributed by atoms with Crippen molar-refractivity contribution in [2.45, 2.75) is 66.2 Å². The molecule has 0 aromatic heterocycles. The second kappa shape index (κ2) is 16.1. The van der Waals surface area contributed by atoms with Crippen molar-refractivity contribution in [3.05, 3.63) is 77.9 Å². The molecular weight excluding hydrogens is 360 g/mol. The van der Waals surface area contributed by atoms with Gasteiger partial charge in [-0.1, -0.05) is 113 Å². The Labute approximate surface area is 178 Å². The van der Waals surface area contributed by atoms with Gasteiger partial charge in [-0.15, -0.1) is 0 Å². The molecule has 2 aromatic rings. The second-order valence-corrected chi connectivity index (χ2v) is 7.70. The molecule has 0 saturated carbocycles. The van der Waals surface area contributed by atoms with Gasteiger partial charge in [0.05, 0.1) is 7.11 Å². The molecule has 0 spiro atoms. The van der Waals surface area contributed by atoms with Gasteiger partial charge in [0.1, 0.15) is 5.76 Å². The zero-order valence-electron chi connectivity index (χ0n) is 18.6. The van der Waals surface area contributed by atoms with E-state index in [0.717, 1.165) is 16.8 Å². The van der Waals surface area contributed by atoms with E-state index in [1.165, 1.54) is 30.4 Å². The topological polar surface area (TPSA) is 9.23 Å². The maximum Gasteiger partial charge on any atom is 0.118 e. The molecule has 0 amide bonds. The molecule has 154 valence electrons. The van der Waals surface area contributed by atoms with Crippen LogP contribution in [0.3, 0.4) is 0 Å². The van der Waals surface area contributed by atoms with E-state index in [0.29, 0.717) is 11.7 Å². The number of aryl methyl sites for hydroxylation is 1. The zero-order chi connectivity index (χ0) is 21.4. The summed E-state index contributed by atoms with van der Waals surface area (Å²) in [6.07, 6.45) is 4.60. The third-order valence-electron chi connectivity index (χ3n) is 4.06. The molecule has 0 aliphatic rings. The number of ether oxygens (including phenoxy) is 1. The van der Waals surface area contributed by atoms with Gasteiger partial charge < -0.3 is 4.74 Å². The summed E-state index contributed by atoms with van der Waals surface area (Å²) in [6.45, 7) is 14.4. The van der Waals surface area contributed by atoms with Crippen LogP contribution in [0.25, 0.3) is 5.76 Å². The van der Waals surface area contributed by atoms with E-state index >= 15 is 0 Å². The van der Waals surface area contributed by atoms with E-state index in [4.69, 9.17) is 17.0 Å². The maximum absolute atomic E-state index is 5.24. The molecular formula is C26H38OS. The third-order valence-corrected chi connectivity index (χ3v) is 4.23. The third kappa shape index (κ3) is 11.7. The Morgan fingerprint density at radius 1 is 1.00 bits per heavy atom. The van der Waals surface area contributed by atoms with Gasteiger partial charge in [-0.25, -0.2) is 0 Å². The summed E-state index contributed by atoms with van der Waals surface area (Å²) < 4.78 is 5.13. The highest BCUT2D eigenvalue weighted by Crippen LogP contribution is 2.27. The van der Waals surface area contributed by atoms with Crippen LogP contribution in [-0.2, 0) is 4.74 Å². The summed E-state index contributed by atoms with van der Waals surface area (Å²) >= 11 is 5.24. The van der Waals surface area contributed by atoms with E-state index < -0.39 is 0 Å². The number of benzene rings is 2. The minimum Gasteiger partial charge on any atom is -0.497 e. The van der Waals surface area contributed by atoms with Crippen molar-refractivity contribution in [2.24, 2.45) is 0 Å². The van der Waals surface area contributed by atoms with Crippen LogP contribution in [-0.4, -0.2) is 12.0 Å². The van der Waals surface area contributed by atoms with Crippen molar-refractivity contribution >= 4 is 22.8 Å². The fourth-order valence-electron chi connectivity index (χ4n) is 2.68. The number of rotatable bonds is 7. The van der Waals surface area contributed by atoms with Crippen molar-refractivity contribution in [1.29, 1.82) is 0 Å². The van der Waals surface area contributed by atoms with E-state index in [1.54, 1.807) is 7.11 Å². The van der Waals surface area contributed by atoms with Crippen LogP contribution in [0, 0.1) is 6.92 Å². The average molecular weight is 399 g/mol. The van der Waals surface area contributed by atoms with E-state index in [9.17, 15) is 0 Å². The van der Waals surface area contributed by atoms with Crippen molar-refractivity contribution in [3.8, 4) is 0 Å². The molecule has 0 bridgehead atoms. The van der Waals surface area contributed by atoms with Crippen LogP contribution in [0.1, 0.15) is 76.0 Å². The molecule has 0 radical (unpaired) electrons. The highest BCUT2D eigenvalue weighted by molar-refractivity contribution is 7.80. The predicted octanol–water partition coefficient (Wildman–Crippen LogP) is 8.38. The zero-order valence-corrected chi connectivity index (χ0v) is 19.4. The Bertz CT molecular complexity index is 659. The molecule has 1 unspecified atom stereocenters. The lowest BCUT2D eigenvalue weighted by Gasteiger charge is -2.16. The first-order valence-corrected chi connectivity index (χ1v) is 10.6. The van der Waals surface area contributed by atoms with Gasteiger partial charge in [-0.05, 0) is 43.0 Å². The number of hydrogen-bond donors (Lipinski definition) is 0. The predicted molar refractivity (Wildman–Crippen MR) is 130 cm³/mol. The average Bonchev–Trinajstić information content (AvgIpc) is 2.68. The monoisotopic (exact) mass is 398 g/mol. The summed E-state index contributed by atoms with van der Waals surface area (Å²) in [6, 6.07) is 18.7. The van der Waals surface area contributed by atoms with Gasteiger partial charge in [0.25, 0.3) is 0 Å². The Balaban J connectivity index is 0.000000598. The Hall–Kier alpha value is -1.93. The molecule has 1 atom stereocenters. The number of methoxy groups -OCH3 is 1. The van der Waals surface area contributed by atoms with Crippen LogP contribution in [0.5, 0.6) is 0 Å². The smallest absolute Gasteiger partial charge is 0.118 e. The van der Waals surface area contributed by atoms with Crippen molar-refractivity contribution in [1.82, 2.24) is 0 Å². The van der Waals surface area contributed by atoms with Crippen molar-refractivity contribution in [3.63, 3.8) is 0 Å². The summed E-state index contributed by atoms with van der Waals surface area (Å²) in [7, 11) is 1.64. The van der Waals surface area contributed by atoms with E-state index in [1.807, 2.05) is 25.1 Å². The Morgan fingerprint density at radius 2 is 1.54 bits per heavy atom. The van der Waals surface area contributed by atoms with Gasteiger partial charge >= 0.3 is 0 Å². The van der Waals surface area contributed by atoms with Crippen LogP contribution >= 0.6 is 12.2 Å². The van der Waals surface area contributed by atoms with Crippen molar-refractivity contribution < 1.29 is 4.74 Å². The first-order valence-electron chi connectivity index (χ1n) is 10.2. The van der Waals surface area contributed by atoms with Crippen LogP contribution in [0.2, 0.25) is 0 Å². The van der Waals surface area contributed by atoms with Gasteiger partial charge in [0.2, 0.25) is 0 Å². The lowest BCUT2D eigenvalue weighted by molar-refractivity contribution is 0.371. The fourth-order valence-corrected chi connectivity index (χ4v) is 2.88. The minimum absolute atomic E-state index is 0.539. The molecule has 0 saturated heterocycles. The quantitative estimate of drug-likeness (QED) is 0.342. The van der Waals surface area contributed by atoms with Gasteiger partial charge in [0, 0.05) is 5.56 Å². The molecule has 0 N–H and O–H groups in total. The molecule has 2 heteroatoms. The summed E-state index contributed by atoms with van der Waals surface area (Å²) in [4.78, 5) is 1.08. The normalized spacial score (nSPS) is 10.5. The largest absolute Gasteiger partial charge is 0.497 e. The summed E-state index contributed by atoms with van der Waals surface area (Å²) in [5, 5.41) is 0. The SMILES string of the molecule is C=C(OC)c1ccc(C(CCC)CC(C)=S)cc1.CCC.Cc1ccccc1. The number of thiocarbonyl (C=S) groups is 1. The minimum atomic E-state index is 0.539. The maximum atomic E-state index is 5.24. The van der Waals surface area contributed by atoms with E-state index in [-0.39, 0.29) is 0 Å². The van der Waals surface area contributed by atoms with Crippen LogP contribution in [0.15, 0.2) is 61.2 Å². The summed E-state index contributed by atoms with van der Waals surface area (Å²) in [5.74, 6) is 1.25. The molecule has 0 aliphatic heterocycles. The number of hydrogen-bond acceptors (Lipinski definition) is 2. The standard InChI is InChI=1S/C16H22OS.C7H8.C3H8/c1-5-6-16(11-12(2)18)15-9-7-14(8-10-15)13(3)17-4;1-7-5-3-2-4-6-7;1-3-2/h7-10,16H,3,5-6,11H2,1-2,4H3;2-6H,1H3;3H2,1-2H3. The molecule has 2 aromatic carbocycles. The molecule has 0 aliphatic carbocycles. The fraction of sp³-hybridized carbons (Fsp3) is 0.423. The highest BCUT2D eigenvalue weighted by Gasteiger charge is 2.11. The Kier molecular flexibility index (Phi) is 15.0. The molecule has 1 nitrogen and oxygen atoms in total. The lowest BCUT2D eigenvalue weighted by atomic mass is 9.90.